The molecule has 31 heavy (non-hydrogen) atoms. The Bertz CT molecular complexity index is 829. The summed E-state index contributed by atoms with van der Waals surface area (Å²) in [6, 6.07) is 5.79. The minimum absolute atomic E-state index is 0.0446. The van der Waals surface area contributed by atoms with Crippen molar-refractivity contribution in [2.24, 2.45) is 16.3 Å². The Morgan fingerprint density at radius 1 is 1.13 bits per heavy atom. The summed E-state index contributed by atoms with van der Waals surface area (Å²) in [5.41, 5.74) is -0.249. The minimum atomic E-state index is -0.658. The van der Waals surface area contributed by atoms with Gasteiger partial charge in [0.05, 0.1) is 0 Å². The second-order valence-electron chi connectivity index (χ2n) is 10.2. The number of pyridine rings is 1. The molecule has 2 aliphatic carbocycles. The molecule has 4 rings (SSSR count). The van der Waals surface area contributed by atoms with Crippen molar-refractivity contribution in [3.05, 3.63) is 30.1 Å². The van der Waals surface area contributed by atoms with Crippen LogP contribution in [0.1, 0.15) is 58.6 Å². The standard InChI is InChI=1S/C24H35N5O2/c1-23(2,3)22(31)29-16-14-28(15-17-29)20(19-6-4-5-12-25-19)27-24(10-11-24)21(30)26-13-9-18-7-8-18/h4-6,12,18H,7-11,13-17H2,1-3H3,(H,26,30). The maximum Gasteiger partial charge on any atom is 0.248 e. The number of nitrogens with one attached hydrogen (secondary N) is 1. The fourth-order valence-electron chi connectivity index (χ4n) is 4.05. The molecule has 1 aliphatic heterocycles. The van der Waals surface area contributed by atoms with Gasteiger partial charge in [-0.05, 0) is 37.3 Å². The average molecular weight is 426 g/mol. The first-order valence-corrected chi connectivity index (χ1v) is 11.6. The number of aliphatic imine (C=N–C) groups is 1. The van der Waals surface area contributed by atoms with Crippen molar-refractivity contribution in [1.29, 1.82) is 0 Å². The van der Waals surface area contributed by atoms with E-state index in [0.29, 0.717) is 26.2 Å². The number of amidine groups is 1. The molecule has 2 amide bonds. The molecule has 0 radical (unpaired) electrons. The Morgan fingerprint density at radius 3 is 2.35 bits per heavy atom. The largest absolute Gasteiger partial charge is 0.354 e. The zero-order valence-corrected chi connectivity index (χ0v) is 19.1. The molecule has 2 saturated carbocycles. The van der Waals surface area contributed by atoms with Crippen molar-refractivity contribution in [2.75, 3.05) is 32.7 Å². The highest BCUT2D eigenvalue weighted by atomic mass is 16.2. The molecule has 0 bridgehead atoms. The molecule has 1 aromatic heterocycles. The van der Waals surface area contributed by atoms with Crippen LogP contribution in [0.25, 0.3) is 0 Å². The van der Waals surface area contributed by atoms with Gasteiger partial charge in [-0.25, -0.2) is 4.99 Å². The third-order valence-electron chi connectivity index (χ3n) is 6.40. The topological polar surface area (TPSA) is 77.9 Å². The highest BCUT2D eigenvalue weighted by Crippen LogP contribution is 2.41. The molecule has 0 spiro atoms. The summed E-state index contributed by atoms with van der Waals surface area (Å²) in [5, 5.41) is 3.12. The van der Waals surface area contributed by atoms with Crippen LogP contribution in [0.3, 0.4) is 0 Å². The zero-order valence-electron chi connectivity index (χ0n) is 19.1. The lowest BCUT2D eigenvalue weighted by atomic mass is 9.94. The van der Waals surface area contributed by atoms with Gasteiger partial charge in [0.15, 0.2) is 5.84 Å². The molecule has 0 atom stereocenters. The van der Waals surface area contributed by atoms with Crippen LogP contribution in [0, 0.1) is 11.3 Å². The van der Waals surface area contributed by atoms with Crippen molar-refractivity contribution < 1.29 is 9.59 Å². The van der Waals surface area contributed by atoms with Gasteiger partial charge in [0.1, 0.15) is 11.2 Å². The van der Waals surface area contributed by atoms with Crippen molar-refractivity contribution in [2.45, 2.75) is 58.4 Å². The number of rotatable bonds is 6. The maximum absolute atomic E-state index is 12.9. The van der Waals surface area contributed by atoms with Gasteiger partial charge >= 0.3 is 0 Å². The summed E-state index contributed by atoms with van der Waals surface area (Å²) in [6.07, 6.45) is 6.99. The van der Waals surface area contributed by atoms with Crippen LogP contribution in [0.4, 0.5) is 0 Å². The molecule has 1 saturated heterocycles. The molecule has 0 aromatic carbocycles. The second kappa shape index (κ2) is 8.60. The van der Waals surface area contributed by atoms with Crippen molar-refractivity contribution in [3.63, 3.8) is 0 Å². The average Bonchev–Trinajstić information content (AvgIpc) is 3.68. The fourth-order valence-corrected chi connectivity index (χ4v) is 4.05. The summed E-state index contributed by atoms with van der Waals surface area (Å²) in [4.78, 5) is 39.2. The lowest BCUT2D eigenvalue weighted by molar-refractivity contribution is -0.140. The lowest BCUT2D eigenvalue weighted by Crippen LogP contribution is -2.53. The highest BCUT2D eigenvalue weighted by Gasteiger charge is 2.51. The number of carbonyl (C=O) groups excluding carboxylic acids is 2. The summed E-state index contributed by atoms with van der Waals surface area (Å²) in [5.74, 6) is 1.80. The molecule has 7 heteroatoms. The lowest BCUT2D eigenvalue weighted by Gasteiger charge is -2.39. The van der Waals surface area contributed by atoms with Crippen LogP contribution >= 0.6 is 0 Å². The van der Waals surface area contributed by atoms with E-state index in [-0.39, 0.29) is 17.2 Å². The molecule has 2 heterocycles. The van der Waals surface area contributed by atoms with Gasteiger partial charge in [0, 0.05) is 44.3 Å². The van der Waals surface area contributed by atoms with Crippen molar-refractivity contribution >= 4 is 17.6 Å². The molecule has 3 fully saturated rings. The summed E-state index contributed by atoms with van der Waals surface area (Å²) in [6.45, 7) is 9.31. The molecular formula is C24H35N5O2. The number of carbonyl (C=O) groups is 2. The van der Waals surface area contributed by atoms with Gasteiger partial charge in [-0.3, -0.25) is 14.6 Å². The minimum Gasteiger partial charge on any atom is -0.354 e. The van der Waals surface area contributed by atoms with E-state index in [1.54, 1.807) is 6.20 Å². The third kappa shape index (κ3) is 5.25. The third-order valence-corrected chi connectivity index (χ3v) is 6.40. The van der Waals surface area contributed by atoms with E-state index in [0.717, 1.165) is 43.3 Å². The SMILES string of the molecule is CC(C)(C)C(=O)N1CCN(C(=NC2(C(=O)NCCC3CC3)CC2)c2ccccn2)CC1. The monoisotopic (exact) mass is 425 g/mol. The number of nitrogens with zero attached hydrogens (tertiary/aromatic N) is 4. The van der Waals surface area contributed by atoms with Crippen LogP contribution < -0.4 is 5.32 Å². The van der Waals surface area contributed by atoms with Gasteiger partial charge in [-0.1, -0.05) is 39.7 Å². The molecule has 168 valence electrons. The van der Waals surface area contributed by atoms with E-state index >= 15 is 0 Å². The highest BCUT2D eigenvalue weighted by molar-refractivity contribution is 6.01. The maximum atomic E-state index is 12.9. The summed E-state index contributed by atoms with van der Waals surface area (Å²) >= 11 is 0. The van der Waals surface area contributed by atoms with Gasteiger partial charge in [-0.15, -0.1) is 0 Å². The Kier molecular flexibility index (Phi) is 6.04. The number of hydrogen-bond donors (Lipinski definition) is 1. The van der Waals surface area contributed by atoms with E-state index in [1.165, 1.54) is 12.8 Å². The first-order chi connectivity index (χ1) is 14.8. The number of piperazine rings is 1. The smallest absolute Gasteiger partial charge is 0.248 e. The molecule has 1 N–H and O–H groups in total. The Morgan fingerprint density at radius 2 is 1.81 bits per heavy atom. The molecule has 3 aliphatic rings. The Balaban J connectivity index is 1.48. The van der Waals surface area contributed by atoms with E-state index < -0.39 is 5.54 Å². The van der Waals surface area contributed by atoms with E-state index in [9.17, 15) is 9.59 Å². The Hall–Kier alpha value is -2.44. The number of amides is 2. The summed E-state index contributed by atoms with van der Waals surface area (Å²) in [7, 11) is 0. The quantitative estimate of drug-likeness (QED) is 0.561. The fraction of sp³-hybridized carbons (Fsp3) is 0.667. The summed E-state index contributed by atoms with van der Waals surface area (Å²) < 4.78 is 0. The molecule has 1 aromatic rings. The van der Waals surface area contributed by atoms with Crippen molar-refractivity contribution in [1.82, 2.24) is 20.1 Å². The van der Waals surface area contributed by atoms with Crippen LogP contribution in [0.15, 0.2) is 29.4 Å². The molecule has 0 unspecified atom stereocenters. The molecule has 7 nitrogen and oxygen atoms in total. The Labute approximate surface area is 185 Å². The molecular weight excluding hydrogens is 390 g/mol. The number of aromatic nitrogens is 1. The van der Waals surface area contributed by atoms with Crippen LogP contribution in [0.5, 0.6) is 0 Å². The van der Waals surface area contributed by atoms with Gasteiger partial charge in [0.2, 0.25) is 11.8 Å². The predicted molar refractivity (Wildman–Crippen MR) is 121 cm³/mol. The normalized spacial score (nSPS) is 21.1. The van der Waals surface area contributed by atoms with Crippen LogP contribution in [-0.2, 0) is 9.59 Å². The van der Waals surface area contributed by atoms with Gasteiger partial charge in [0.25, 0.3) is 0 Å². The van der Waals surface area contributed by atoms with Crippen LogP contribution in [-0.4, -0.2) is 70.7 Å². The van der Waals surface area contributed by atoms with Gasteiger partial charge < -0.3 is 15.1 Å². The van der Waals surface area contributed by atoms with Crippen molar-refractivity contribution in [3.8, 4) is 0 Å². The predicted octanol–water partition coefficient (Wildman–Crippen LogP) is 2.47. The van der Waals surface area contributed by atoms with E-state index in [4.69, 9.17) is 4.99 Å². The number of hydrogen-bond acceptors (Lipinski definition) is 4. The van der Waals surface area contributed by atoms with E-state index in [2.05, 4.69) is 15.2 Å². The first kappa shape index (κ1) is 21.8. The van der Waals surface area contributed by atoms with Crippen LogP contribution in [0.2, 0.25) is 0 Å². The van der Waals surface area contributed by atoms with Gasteiger partial charge in [-0.2, -0.15) is 0 Å². The zero-order chi connectivity index (χ0) is 22.1. The first-order valence-electron chi connectivity index (χ1n) is 11.6. The second-order valence-corrected chi connectivity index (χ2v) is 10.2. The van der Waals surface area contributed by atoms with E-state index in [1.807, 2.05) is 43.9 Å².